The summed E-state index contributed by atoms with van der Waals surface area (Å²) >= 11 is 0. The van der Waals surface area contributed by atoms with E-state index in [1.165, 1.54) is 0 Å². The fraction of sp³-hybridized carbons (Fsp3) is 0.529. The van der Waals surface area contributed by atoms with Gasteiger partial charge in [-0.3, -0.25) is 9.69 Å². The van der Waals surface area contributed by atoms with Crippen LogP contribution < -0.4 is 0 Å². The predicted octanol–water partition coefficient (Wildman–Crippen LogP) is 1.92. The van der Waals surface area contributed by atoms with Gasteiger partial charge in [-0.15, -0.1) is 0 Å². The molecule has 1 saturated heterocycles. The minimum absolute atomic E-state index is 0.0341. The number of rotatable bonds is 3. The van der Waals surface area contributed by atoms with E-state index in [-0.39, 0.29) is 5.91 Å². The zero-order valence-corrected chi connectivity index (χ0v) is 13.0. The molecule has 0 N–H and O–H groups in total. The number of carbonyl (C=O) groups excluding carboxylic acids is 1. The number of piperazine rings is 1. The van der Waals surface area contributed by atoms with Crippen LogP contribution in [0.3, 0.4) is 0 Å². The van der Waals surface area contributed by atoms with Crippen molar-refractivity contribution in [2.75, 3.05) is 20.1 Å². The zero-order valence-electron chi connectivity index (χ0n) is 13.0. The first-order chi connectivity index (χ1) is 10.0. The number of amides is 1. The second-order valence-corrected chi connectivity index (χ2v) is 5.98. The molecule has 0 spiro atoms. The van der Waals surface area contributed by atoms with Crippen LogP contribution in [0.25, 0.3) is 0 Å². The minimum atomic E-state index is -0.588. The van der Waals surface area contributed by atoms with Crippen molar-refractivity contribution in [1.29, 1.82) is 5.26 Å². The molecule has 0 radical (unpaired) electrons. The largest absolute Gasteiger partial charge is 0.338 e. The number of nitrogens with zero attached hydrogens (tertiary/aromatic N) is 3. The van der Waals surface area contributed by atoms with Crippen LogP contribution >= 0.6 is 0 Å². The normalized spacial score (nSPS) is 24.4. The summed E-state index contributed by atoms with van der Waals surface area (Å²) in [7, 11) is 2.09. The summed E-state index contributed by atoms with van der Waals surface area (Å²) in [5, 5.41) is 9.36. The molecule has 2 rings (SSSR count). The summed E-state index contributed by atoms with van der Waals surface area (Å²) in [6, 6.07) is 12.6. The van der Waals surface area contributed by atoms with Gasteiger partial charge in [0.2, 0.25) is 5.91 Å². The second kappa shape index (κ2) is 6.73. The third-order valence-corrected chi connectivity index (χ3v) is 4.41. The van der Waals surface area contributed by atoms with Gasteiger partial charge in [0.05, 0.1) is 6.07 Å². The minimum Gasteiger partial charge on any atom is -0.338 e. The second-order valence-electron chi connectivity index (χ2n) is 5.98. The quantitative estimate of drug-likeness (QED) is 0.852. The maximum atomic E-state index is 12.6. The van der Waals surface area contributed by atoms with Crippen molar-refractivity contribution in [3.8, 4) is 6.07 Å². The predicted molar refractivity (Wildman–Crippen MR) is 82.5 cm³/mol. The monoisotopic (exact) mass is 285 g/mol. The van der Waals surface area contributed by atoms with E-state index in [0.29, 0.717) is 31.6 Å². The Morgan fingerprint density at radius 1 is 1.29 bits per heavy atom. The smallest absolute Gasteiger partial charge is 0.240 e. The van der Waals surface area contributed by atoms with Gasteiger partial charge in [-0.2, -0.15) is 5.26 Å². The number of hydrogen-bond donors (Lipinski definition) is 0. The van der Waals surface area contributed by atoms with Gasteiger partial charge in [0.15, 0.2) is 0 Å². The topological polar surface area (TPSA) is 47.3 Å². The van der Waals surface area contributed by atoms with Crippen LogP contribution in [0, 0.1) is 17.2 Å². The first-order valence-electron chi connectivity index (χ1n) is 7.47. The number of carbonyl (C=O) groups is 1. The SMILES string of the molecule is CC1CN(C(=O)C(C#N)Cc2ccccc2)CC(C)N1C. The molecule has 0 aliphatic carbocycles. The van der Waals surface area contributed by atoms with E-state index in [9.17, 15) is 10.1 Å². The Morgan fingerprint density at radius 2 is 1.86 bits per heavy atom. The highest BCUT2D eigenvalue weighted by atomic mass is 16.2. The highest BCUT2D eigenvalue weighted by molar-refractivity contribution is 5.81. The first-order valence-corrected chi connectivity index (χ1v) is 7.47. The average molecular weight is 285 g/mol. The van der Waals surface area contributed by atoms with Gasteiger partial charge in [-0.1, -0.05) is 30.3 Å². The lowest BCUT2D eigenvalue weighted by atomic mass is 9.98. The van der Waals surface area contributed by atoms with E-state index in [4.69, 9.17) is 0 Å². The number of likely N-dealkylation sites (N-methyl/N-ethyl adjacent to an activating group) is 1. The van der Waals surface area contributed by atoms with Crippen molar-refractivity contribution < 1.29 is 4.79 Å². The zero-order chi connectivity index (χ0) is 15.4. The standard InChI is InChI=1S/C17H23N3O/c1-13-11-20(12-14(2)19(13)3)17(21)16(10-18)9-15-7-5-4-6-8-15/h4-8,13-14,16H,9,11-12H2,1-3H3. The Morgan fingerprint density at radius 3 is 2.38 bits per heavy atom. The average Bonchev–Trinajstić information content (AvgIpc) is 2.50. The molecular weight excluding hydrogens is 262 g/mol. The molecule has 21 heavy (non-hydrogen) atoms. The highest BCUT2D eigenvalue weighted by Crippen LogP contribution is 2.18. The Bertz CT molecular complexity index is 511. The van der Waals surface area contributed by atoms with Crippen LogP contribution in [0.2, 0.25) is 0 Å². The van der Waals surface area contributed by atoms with Crippen molar-refractivity contribution in [2.45, 2.75) is 32.4 Å². The van der Waals surface area contributed by atoms with E-state index in [2.05, 4.69) is 31.9 Å². The molecular formula is C17H23N3O. The Kier molecular flexibility index (Phi) is 4.98. The molecule has 1 amide bonds. The van der Waals surface area contributed by atoms with Gasteiger partial charge < -0.3 is 4.90 Å². The lowest BCUT2D eigenvalue weighted by Gasteiger charge is -2.42. The van der Waals surface area contributed by atoms with Crippen LogP contribution in [0.1, 0.15) is 19.4 Å². The summed E-state index contributed by atoms with van der Waals surface area (Å²) in [5.74, 6) is -0.622. The van der Waals surface area contributed by atoms with E-state index < -0.39 is 5.92 Å². The molecule has 1 aromatic carbocycles. The molecule has 0 aromatic heterocycles. The number of nitriles is 1. The number of hydrogen-bond acceptors (Lipinski definition) is 3. The Balaban J connectivity index is 2.05. The fourth-order valence-corrected chi connectivity index (χ4v) is 2.84. The van der Waals surface area contributed by atoms with Gasteiger partial charge in [0.25, 0.3) is 0 Å². The Hall–Kier alpha value is -1.86. The summed E-state index contributed by atoms with van der Waals surface area (Å²) in [5.41, 5.74) is 1.03. The lowest BCUT2D eigenvalue weighted by Crippen LogP contribution is -2.57. The van der Waals surface area contributed by atoms with Crippen molar-refractivity contribution in [3.05, 3.63) is 35.9 Å². The molecule has 1 heterocycles. The molecule has 0 saturated carbocycles. The molecule has 4 nitrogen and oxygen atoms in total. The van der Waals surface area contributed by atoms with Crippen LogP contribution in [0.4, 0.5) is 0 Å². The molecule has 1 fully saturated rings. The van der Waals surface area contributed by atoms with E-state index >= 15 is 0 Å². The van der Waals surface area contributed by atoms with Crippen LogP contribution in [0.5, 0.6) is 0 Å². The maximum absolute atomic E-state index is 12.6. The van der Waals surface area contributed by atoms with Crippen LogP contribution in [-0.4, -0.2) is 47.9 Å². The van der Waals surface area contributed by atoms with Crippen LogP contribution in [0.15, 0.2) is 30.3 Å². The molecule has 112 valence electrons. The van der Waals surface area contributed by atoms with Crippen molar-refractivity contribution >= 4 is 5.91 Å². The highest BCUT2D eigenvalue weighted by Gasteiger charge is 2.32. The van der Waals surface area contributed by atoms with Gasteiger partial charge in [-0.05, 0) is 32.9 Å². The van der Waals surface area contributed by atoms with Gasteiger partial charge in [0.1, 0.15) is 5.92 Å². The fourth-order valence-electron chi connectivity index (χ4n) is 2.84. The third kappa shape index (κ3) is 3.62. The molecule has 0 bridgehead atoms. The summed E-state index contributed by atoms with van der Waals surface area (Å²) in [6.45, 7) is 5.64. The number of benzene rings is 1. The molecule has 1 aliphatic heterocycles. The van der Waals surface area contributed by atoms with Gasteiger partial charge in [-0.25, -0.2) is 0 Å². The van der Waals surface area contributed by atoms with Crippen LogP contribution in [-0.2, 0) is 11.2 Å². The van der Waals surface area contributed by atoms with Crippen molar-refractivity contribution in [2.24, 2.45) is 5.92 Å². The van der Waals surface area contributed by atoms with Crippen molar-refractivity contribution in [3.63, 3.8) is 0 Å². The molecule has 1 aromatic rings. The third-order valence-electron chi connectivity index (χ3n) is 4.41. The molecule has 3 atom stereocenters. The van der Waals surface area contributed by atoms with E-state index in [0.717, 1.165) is 5.56 Å². The maximum Gasteiger partial charge on any atom is 0.240 e. The summed E-state index contributed by atoms with van der Waals surface area (Å²) in [4.78, 5) is 16.7. The van der Waals surface area contributed by atoms with Gasteiger partial charge >= 0.3 is 0 Å². The molecule has 4 heteroatoms. The molecule has 3 unspecified atom stereocenters. The summed E-state index contributed by atoms with van der Waals surface area (Å²) in [6.07, 6.45) is 0.491. The van der Waals surface area contributed by atoms with Crippen molar-refractivity contribution in [1.82, 2.24) is 9.80 Å². The Labute approximate surface area is 127 Å². The molecule has 1 aliphatic rings. The van der Waals surface area contributed by atoms with E-state index in [1.54, 1.807) is 0 Å². The lowest BCUT2D eigenvalue weighted by molar-refractivity contribution is -0.137. The summed E-state index contributed by atoms with van der Waals surface area (Å²) < 4.78 is 0. The van der Waals surface area contributed by atoms with E-state index in [1.807, 2.05) is 35.2 Å². The first kappa shape index (κ1) is 15.5. The van der Waals surface area contributed by atoms with Gasteiger partial charge in [0, 0.05) is 25.2 Å².